The Morgan fingerprint density at radius 1 is 1.04 bits per heavy atom. The molecular weight excluding hydrogens is 380 g/mol. The minimum Gasteiger partial charge on any atom is -0.467 e. The van der Waals surface area contributed by atoms with Crippen molar-refractivity contribution in [3.05, 3.63) is 71.7 Å². The molecule has 0 bridgehead atoms. The maximum absolute atomic E-state index is 14.3. The van der Waals surface area contributed by atoms with Gasteiger partial charge in [0.2, 0.25) is 0 Å². The van der Waals surface area contributed by atoms with Crippen LogP contribution in [-0.2, 0) is 15.1 Å². The van der Waals surface area contributed by atoms with Gasteiger partial charge in [0.15, 0.2) is 0 Å². The first kappa shape index (κ1) is 19.4. The second-order valence-electron chi connectivity index (χ2n) is 5.95. The molecule has 0 saturated carbocycles. The first-order valence-corrected chi connectivity index (χ1v) is 8.00. The quantitative estimate of drug-likeness (QED) is 0.524. The summed E-state index contributed by atoms with van der Waals surface area (Å²) >= 11 is 0. The monoisotopic (exact) mass is 394 g/mol. The maximum Gasteiger partial charge on any atom is 0.426 e. The molecule has 0 aliphatic heterocycles. The third-order valence-electron chi connectivity index (χ3n) is 4.32. The van der Waals surface area contributed by atoms with Gasteiger partial charge in [0.05, 0.1) is 7.11 Å². The number of amides is 1. The Labute approximate surface area is 156 Å². The number of benzene rings is 2. The van der Waals surface area contributed by atoms with Crippen molar-refractivity contribution in [2.75, 3.05) is 7.11 Å². The lowest BCUT2D eigenvalue weighted by atomic mass is 9.88. The highest BCUT2D eigenvalue weighted by Crippen LogP contribution is 2.43. The van der Waals surface area contributed by atoms with Gasteiger partial charge in [-0.2, -0.15) is 13.2 Å². The molecule has 9 heteroatoms. The summed E-state index contributed by atoms with van der Waals surface area (Å²) in [5, 5.41) is 1.86. The Morgan fingerprint density at radius 2 is 1.68 bits per heavy atom. The number of aromatic nitrogens is 1. The van der Waals surface area contributed by atoms with Crippen LogP contribution in [0.1, 0.15) is 15.9 Å². The summed E-state index contributed by atoms with van der Waals surface area (Å²) in [4.78, 5) is 27.6. The minimum absolute atomic E-state index is 0.0876. The molecule has 1 atom stereocenters. The van der Waals surface area contributed by atoms with E-state index in [9.17, 15) is 27.2 Å². The van der Waals surface area contributed by atoms with Crippen LogP contribution in [0.25, 0.3) is 10.9 Å². The van der Waals surface area contributed by atoms with E-state index in [4.69, 9.17) is 0 Å². The second-order valence-corrected chi connectivity index (χ2v) is 5.95. The molecule has 0 aliphatic rings. The fourth-order valence-corrected chi connectivity index (χ4v) is 2.95. The molecule has 1 aromatic heterocycles. The van der Waals surface area contributed by atoms with E-state index in [1.165, 1.54) is 18.2 Å². The molecule has 1 amide bonds. The number of rotatable bonds is 4. The first-order valence-electron chi connectivity index (χ1n) is 8.00. The van der Waals surface area contributed by atoms with Gasteiger partial charge in [-0.05, 0) is 30.3 Å². The SMILES string of the molecule is COC(=O)C(NC(=O)c1ccc(F)cc1)(c1c[nH]c2ccccc12)C(F)(F)F. The molecule has 0 spiro atoms. The van der Waals surface area contributed by atoms with E-state index in [0.717, 1.165) is 37.6 Å². The average Bonchev–Trinajstić information content (AvgIpc) is 3.09. The van der Waals surface area contributed by atoms with Gasteiger partial charge in [0.25, 0.3) is 11.4 Å². The number of H-pyrrole nitrogens is 1. The van der Waals surface area contributed by atoms with Crippen LogP contribution in [0.5, 0.6) is 0 Å². The summed E-state index contributed by atoms with van der Waals surface area (Å²) < 4.78 is 60.3. The molecule has 0 aliphatic carbocycles. The largest absolute Gasteiger partial charge is 0.467 e. The maximum atomic E-state index is 14.3. The van der Waals surface area contributed by atoms with E-state index in [0.29, 0.717) is 5.52 Å². The Bertz CT molecular complexity index is 1030. The predicted molar refractivity (Wildman–Crippen MR) is 91.9 cm³/mol. The van der Waals surface area contributed by atoms with Gasteiger partial charge >= 0.3 is 12.1 Å². The topological polar surface area (TPSA) is 71.2 Å². The number of halogens is 4. The van der Waals surface area contributed by atoms with Gasteiger partial charge in [0.1, 0.15) is 5.82 Å². The highest BCUT2D eigenvalue weighted by atomic mass is 19.4. The molecule has 0 radical (unpaired) electrons. The fourth-order valence-electron chi connectivity index (χ4n) is 2.95. The summed E-state index contributed by atoms with van der Waals surface area (Å²) in [5.41, 5.74) is -3.89. The van der Waals surface area contributed by atoms with Crippen molar-refractivity contribution >= 4 is 22.8 Å². The van der Waals surface area contributed by atoms with Gasteiger partial charge in [-0.3, -0.25) is 4.79 Å². The van der Waals surface area contributed by atoms with E-state index in [2.05, 4.69) is 9.72 Å². The summed E-state index contributed by atoms with van der Waals surface area (Å²) in [7, 11) is 0.793. The molecule has 0 fully saturated rings. The number of methoxy groups -OCH3 is 1. The van der Waals surface area contributed by atoms with Crippen LogP contribution in [0, 0.1) is 5.82 Å². The average molecular weight is 394 g/mol. The van der Waals surface area contributed by atoms with Gasteiger partial charge in [-0.15, -0.1) is 0 Å². The molecule has 0 saturated heterocycles. The zero-order valence-corrected chi connectivity index (χ0v) is 14.4. The van der Waals surface area contributed by atoms with E-state index in [1.807, 2.05) is 0 Å². The Kier molecular flexibility index (Phi) is 4.84. The van der Waals surface area contributed by atoms with Crippen LogP contribution < -0.4 is 5.32 Å². The lowest BCUT2D eigenvalue weighted by Gasteiger charge is -2.33. The number of carbonyl (C=O) groups excluding carboxylic acids is 2. The van der Waals surface area contributed by atoms with Crippen LogP contribution >= 0.6 is 0 Å². The lowest BCUT2D eigenvalue weighted by Crippen LogP contribution is -2.61. The predicted octanol–water partition coefficient (Wildman–Crippen LogP) is 3.67. The summed E-state index contributed by atoms with van der Waals surface area (Å²) in [6, 6.07) is 9.89. The molecule has 3 aromatic rings. The van der Waals surface area contributed by atoms with Crippen molar-refractivity contribution in [3.63, 3.8) is 0 Å². The molecule has 28 heavy (non-hydrogen) atoms. The minimum atomic E-state index is -5.24. The third kappa shape index (κ3) is 3.08. The van der Waals surface area contributed by atoms with Crippen LogP contribution in [0.2, 0.25) is 0 Å². The number of fused-ring (bicyclic) bond motifs is 1. The van der Waals surface area contributed by atoms with Crippen LogP contribution in [-0.4, -0.2) is 30.1 Å². The number of aromatic amines is 1. The molecule has 146 valence electrons. The molecule has 3 rings (SSSR count). The Morgan fingerprint density at radius 3 is 2.29 bits per heavy atom. The summed E-state index contributed by atoms with van der Waals surface area (Å²) in [5.74, 6) is -3.59. The van der Waals surface area contributed by atoms with Crippen molar-refractivity contribution in [1.82, 2.24) is 10.3 Å². The summed E-state index contributed by atoms with van der Waals surface area (Å²) in [6.07, 6.45) is -4.24. The highest BCUT2D eigenvalue weighted by Gasteiger charge is 2.64. The first-order chi connectivity index (χ1) is 13.2. The number of carbonyl (C=O) groups is 2. The second kappa shape index (κ2) is 6.99. The molecule has 2 N–H and O–H groups in total. The van der Waals surface area contributed by atoms with Crippen molar-refractivity contribution in [2.45, 2.75) is 11.7 Å². The number of para-hydroxylation sites is 1. The third-order valence-corrected chi connectivity index (χ3v) is 4.32. The molecule has 1 heterocycles. The fraction of sp³-hybridized carbons (Fsp3) is 0.158. The van der Waals surface area contributed by atoms with Crippen LogP contribution in [0.4, 0.5) is 17.6 Å². The normalized spacial score (nSPS) is 13.8. The van der Waals surface area contributed by atoms with Gasteiger partial charge < -0.3 is 15.0 Å². The van der Waals surface area contributed by atoms with E-state index in [1.54, 1.807) is 11.4 Å². The summed E-state index contributed by atoms with van der Waals surface area (Å²) in [6.45, 7) is 0. The van der Waals surface area contributed by atoms with Crippen molar-refractivity contribution in [1.29, 1.82) is 0 Å². The zero-order chi connectivity index (χ0) is 20.5. The van der Waals surface area contributed by atoms with Crippen molar-refractivity contribution in [3.8, 4) is 0 Å². The van der Waals surface area contributed by atoms with E-state index >= 15 is 0 Å². The number of esters is 1. The Balaban J connectivity index is 2.20. The standard InChI is InChI=1S/C19H14F4N2O3/c1-28-17(27)18(19(21,22)23,14-10-24-15-5-3-2-4-13(14)15)25-16(26)11-6-8-12(20)9-7-11/h2-10,24H,1H3,(H,25,26). The van der Waals surface area contributed by atoms with E-state index in [-0.39, 0.29) is 10.9 Å². The zero-order valence-electron chi connectivity index (χ0n) is 14.4. The van der Waals surface area contributed by atoms with Crippen molar-refractivity contribution in [2.24, 2.45) is 0 Å². The smallest absolute Gasteiger partial charge is 0.426 e. The molecule has 1 unspecified atom stereocenters. The molecular formula is C19H14F4N2O3. The number of alkyl halides is 3. The van der Waals surface area contributed by atoms with Crippen molar-refractivity contribution < 1.29 is 31.9 Å². The number of nitrogens with one attached hydrogen (secondary N) is 2. The number of ether oxygens (including phenoxy) is 1. The van der Waals surface area contributed by atoms with Gasteiger partial charge in [0, 0.05) is 28.2 Å². The van der Waals surface area contributed by atoms with Crippen LogP contribution in [0.15, 0.2) is 54.7 Å². The highest BCUT2D eigenvalue weighted by molar-refractivity contribution is 6.01. The van der Waals surface area contributed by atoms with Crippen LogP contribution in [0.3, 0.4) is 0 Å². The van der Waals surface area contributed by atoms with Gasteiger partial charge in [-0.25, -0.2) is 9.18 Å². The Hall–Kier alpha value is -3.36. The van der Waals surface area contributed by atoms with E-state index < -0.39 is 35.0 Å². The number of hydrogen-bond donors (Lipinski definition) is 2. The lowest BCUT2D eigenvalue weighted by molar-refractivity contribution is -0.212. The van der Waals surface area contributed by atoms with Gasteiger partial charge in [-0.1, -0.05) is 18.2 Å². The molecule has 2 aromatic carbocycles. The number of hydrogen-bond acceptors (Lipinski definition) is 3. The molecule has 5 nitrogen and oxygen atoms in total.